The summed E-state index contributed by atoms with van der Waals surface area (Å²) in [6.07, 6.45) is 4.24. The SMILES string of the molecule is CB(O)N1CCC(n2c(-c3ccccc3)nc3ccc(C)nc32)CC1.Cc1ccc2nc(-c3ccccc3)n(C3CCNCC3)c2n1. The minimum absolute atomic E-state index is 0.351. The molecule has 0 aliphatic carbocycles. The van der Waals surface area contributed by atoms with Crippen LogP contribution in [0.4, 0.5) is 0 Å². The van der Waals surface area contributed by atoms with Crippen LogP contribution < -0.4 is 5.32 Å². The van der Waals surface area contributed by atoms with Crippen molar-refractivity contribution in [3.63, 3.8) is 0 Å². The molecule has 2 aromatic carbocycles. The molecule has 0 atom stereocenters. The number of nitrogens with zero attached hydrogens (tertiary/aromatic N) is 7. The molecule has 0 saturated carbocycles. The summed E-state index contributed by atoms with van der Waals surface area (Å²) in [6, 6.07) is 29.8. The van der Waals surface area contributed by atoms with Crippen LogP contribution in [0.2, 0.25) is 6.82 Å². The van der Waals surface area contributed by atoms with Crippen molar-refractivity contribution in [3.05, 3.63) is 96.3 Å². The van der Waals surface area contributed by atoms with Crippen LogP contribution in [0, 0.1) is 13.8 Å². The fourth-order valence-electron chi connectivity index (χ4n) is 6.99. The summed E-state index contributed by atoms with van der Waals surface area (Å²) >= 11 is 0. The van der Waals surface area contributed by atoms with Crippen LogP contribution in [0.15, 0.2) is 84.9 Å². The van der Waals surface area contributed by atoms with Gasteiger partial charge in [-0.05, 0) is 96.8 Å². The van der Waals surface area contributed by atoms with Gasteiger partial charge in [0.05, 0.1) is 0 Å². The summed E-state index contributed by atoms with van der Waals surface area (Å²) in [7, 11) is -0.380. The van der Waals surface area contributed by atoms with Crippen molar-refractivity contribution in [2.75, 3.05) is 26.2 Å². The van der Waals surface area contributed by atoms with Crippen LogP contribution in [0.5, 0.6) is 0 Å². The summed E-state index contributed by atoms with van der Waals surface area (Å²) < 4.78 is 4.68. The van der Waals surface area contributed by atoms with Crippen LogP contribution in [-0.4, -0.2) is 72.1 Å². The van der Waals surface area contributed by atoms with E-state index in [0.29, 0.717) is 12.1 Å². The zero-order valence-corrected chi connectivity index (χ0v) is 27.5. The molecular formula is C37H43BN8O. The Morgan fingerprint density at radius 2 is 1.06 bits per heavy atom. The molecule has 8 rings (SSSR count). The number of pyridine rings is 2. The molecule has 9 nitrogen and oxygen atoms in total. The first-order valence-electron chi connectivity index (χ1n) is 16.9. The number of hydrogen-bond donors (Lipinski definition) is 2. The fourth-order valence-corrected chi connectivity index (χ4v) is 6.99. The molecule has 2 N–H and O–H groups in total. The lowest BCUT2D eigenvalue weighted by atomic mass is 9.82. The maximum atomic E-state index is 9.83. The largest absolute Gasteiger partial charge is 0.437 e. The van der Waals surface area contributed by atoms with E-state index in [1.807, 2.05) is 57.1 Å². The van der Waals surface area contributed by atoms with Gasteiger partial charge in [-0.15, -0.1) is 0 Å². The average Bonchev–Trinajstić information content (AvgIpc) is 3.68. The second kappa shape index (κ2) is 13.8. The van der Waals surface area contributed by atoms with Gasteiger partial charge in [0, 0.05) is 34.6 Å². The Morgan fingerprint density at radius 3 is 1.51 bits per heavy atom. The van der Waals surface area contributed by atoms with E-state index in [9.17, 15) is 5.02 Å². The zero-order valence-electron chi connectivity index (χ0n) is 27.5. The third-order valence-electron chi connectivity index (χ3n) is 9.48. The first-order chi connectivity index (χ1) is 23.0. The van der Waals surface area contributed by atoms with Crippen LogP contribution in [0.3, 0.4) is 0 Å². The molecule has 240 valence electrons. The van der Waals surface area contributed by atoms with Gasteiger partial charge >= 0.3 is 7.05 Å². The minimum Gasteiger partial charge on any atom is -0.437 e. The lowest BCUT2D eigenvalue weighted by Crippen LogP contribution is -2.43. The molecular weight excluding hydrogens is 583 g/mol. The van der Waals surface area contributed by atoms with E-state index in [4.69, 9.17) is 19.9 Å². The summed E-state index contributed by atoms with van der Waals surface area (Å²) in [5, 5.41) is 13.3. The summed E-state index contributed by atoms with van der Waals surface area (Å²) in [6.45, 7) is 9.81. The highest BCUT2D eigenvalue weighted by molar-refractivity contribution is 6.45. The summed E-state index contributed by atoms with van der Waals surface area (Å²) in [4.78, 5) is 21.5. The number of benzene rings is 2. The van der Waals surface area contributed by atoms with E-state index in [-0.39, 0.29) is 7.05 Å². The average molecular weight is 627 g/mol. The maximum absolute atomic E-state index is 9.83. The Hall–Kier alpha value is -4.38. The molecule has 2 aliphatic heterocycles. The molecule has 2 aliphatic rings. The van der Waals surface area contributed by atoms with Crippen molar-refractivity contribution in [1.29, 1.82) is 0 Å². The van der Waals surface area contributed by atoms with Gasteiger partial charge in [0.25, 0.3) is 0 Å². The van der Waals surface area contributed by atoms with Crippen molar-refractivity contribution in [2.45, 2.75) is 58.4 Å². The molecule has 47 heavy (non-hydrogen) atoms. The Kier molecular flexibility index (Phi) is 9.15. The van der Waals surface area contributed by atoms with Gasteiger partial charge in [0.1, 0.15) is 22.7 Å². The molecule has 10 heteroatoms. The zero-order chi connectivity index (χ0) is 32.3. The molecule has 0 unspecified atom stereocenters. The Labute approximate surface area is 276 Å². The van der Waals surface area contributed by atoms with E-state index in [2.05, 4.69) is 67.8 Å². The normalized spacial score (nSPS) is 16.3. The number of piperidine rings is 2. The van der Waals surface area contributed by atoms with E-state index in [1.54, 1.807) is 0 Å². The van der Waals surface area contributed by atoms with Crippen LogP contribution in [0.25, 0.3) is 45.1 Å². The van der Waals surface area contributed by atoms with Gasteiger partial charge < -0.3 is 24.3 Å². The number of aromatic nitrogens is 6. The first kappa shape index (κ1) is 31.2. The van der Waals surface area contributed by atoms with Gasteiger partial charge in [-0.3, -0.25) is 0 Å². The second-order valence-electron chi connectivity index (χ2n) is 12.8. The van der Waals surface area contributed by atoms with Gasteiger partial charge in [-0.25, -0.2) is 19.9 Å². The highest BCUT2D eigenvalue weighted by Crippen LogP contribution is 2.34. The van der Waals surface area contributed by atoms with Crippen LogP contribution in [-0.2, 0) is 0 Å². The predicted octanol–water partition coefficient (Wildman–Crippen LogP) is 6.49. The lowest BCUT2D eigenvalue weighted by molar-refractivity contribution is 0.255. The number of hydrogen-bond acceptors (Lipinski definition) is 7. The van der Waals surface area contributed by atoms with E-state index in [0.717, 1.165) is 108 Å². The fraction of sp³-hybridized carbons (Fsp3) is 0.351. The topological polar surface area (TPSA) is 96.9 Å². The number of rotatable bonds is 5. The Balaban J connectivity index is 0.000000151. The molecule has 2 saturated heterocycles. The molecule has 0 spiro atoms. The number of imidazole rings is 2. The third-order valence-corrected chi connectivity index (χ3v) is 9.48. The second-order valence-corrected chi connectivity index (χ2v) is 12.8. The predicted molar refractivity (Wildman–Crippen MR) is 190 cm³/mol. The maximum Gasteiger partial charge on any atom is 0.376 e. The van der Waals surface area contributed by atoms with Crippen molar-refractivity contribution in [1.82, 2.24) is 39.2 Å². The van der Waals surface area contributed by atoms with E-state index >= 15 is 0 Å². The molecule has 6 heterocycles. The third kappa shape index (κ3) is 6.58. The Morgan fingerprint density at radius 1 is 0.617 bits per heavy atom. The van der Waals surface area contributed by atoms with E-state index < -0.39 is 0 Å². The minimum atomic E-state index is -0.380. The van der Waals surface area contributed by atoms with Crippen molar-refractivity contribution >= 4 is 29.4 Å². The van der Waals surface area contributed by atoms with Crippen LogP contribution in [0.1, 0.15) is 49.2 Å². The van der Waals surface area contributed by atoms with Crippen molar-refractivity contribution < 1.29 is 5.02 Å². The standard InChI is InChI=1S/C19H23BN4O.C18H20N4/c1-14-8-9-17-19(21-14)24(16-10-12-23(13-11-16)20(2)25)18(22-17)15-6-4-3-5-7-15;1-13-7-8-16-18(20-13)22(15-9-11-19-12-10-15)17(21-16)14-5-3-2-4-6-14/h3-9,16,25H,10-13H2,1-2H3;2-8,15,19H,9-12H2,1H3. The number of aryl methyl sites for hydroxylation is 2. The highest BCUT2D eigenvalue weighted by Gasteiger charge is 2.28. The Bertz CT molecular complexity index is 1940. The summed E-state index contributed by atoms with van der Waals surface area (Å²) in [5.41, 5.74) is 8.26. The van der Waals surface area contributed by atoms with Gasteiger partial charge in [0.15, 0.2) is 11.3 Å². The lowest BCUT2D eigenvalue weighted by Gasteiger charge is -2.34. The summed E-state index contributed by atoms with van der Waals surface area (Å²) in [5.74, 6) is 2.03. The van der Waals surface area contributed by atoms with E-state index in [1.165, 1.54) is 0 Å². The van der Waals surface area contributed by atoms with Crippen molar-refractivity contribution in [3.8, 4) is 22.8 Å². The quantitative estimate of drug-likeness (QED) is 0.211. The molecule has 0 bridgehead atoms. The molecule has 0 amide bonds. The van der Waals surface area contributed by atoms with Crippen molar-refractivity contribution in [2.24, 2.45) is 0 Å². The van der Waals surface area contributed by atoms with Gasteiger partial charge in [-0.1, -0.05) is 60.7 Å². The van der Waals surface area contributed by atoms with Gasteiger partial charge in [-0.2, -0.15) is 0 Å². The highest BCUT2D eigenvalue weighted by atomic mass is 16.2. The van der Waals surface area contributed by atoms with Gasteiger partial charge in [0.2, 0.25) is 0 Å². The number of nitrogens with one attached hydrogen (secondary N) is 1. The van der Waals surface area contributed by atoms with Crippen LogP contribution >= 0.6 is 0 Å². The smallest absolute Gasteiger partial charge is 0.376 e. The molecule has 2 fully saturated rings. The number of fused-ring (bicyclic) bond motifs is 2. The first-order valence-corrected chi connectivity index (χ1v) is 16.9. The molecule has 0 radical (unpaired) electrons. The monoisotopic (exact) mass is 626 g/mol. The molecule has 4 aromatic heterocycles. The molecule has 6 aromatic rings.